The third-order valence-corrected chi connectivity index (χ3v) is 6.06. The molecule has 0 unspecified atom stereocenters. The smallest absolute Gasteiger partial charge is 0.253 e. The summed E-state index contributed by atoms with van der Waals surface area (Å²) in [5.41, 5.74) is 2.51. The molecule has 7 heteroatoms. The molecule has 1 heterocycles. The molecular weight excluding hydrogens is 452 g/mol. The van der Waals surface area contributed by atoms with Crippen molar-refractivity contribution in [2.45, 2.75) is 13.5 Å². The normalized spacial score (nSPS) is 13.5. The molecule has 0 spiro atoms. The number of methoxy groups -OCH3 is 1. The van der Waals surface area contributed by atoms with E-state index in [1.54, 1.807) is 19.2 Å². The van der Waals surface area contributed by atoms with Crippen LogP contribution < -0.4 is 19.1 Å². The fraction of sp³-hybridized carbons (Fsp3) is 0.296. The van der Waals surface area contributed by atoms with Crippen molar-refractivity contribution in [3.8, 4) is 17.2 Å². The summed E-state index contributed by atoms with van der Waals surface area (Å²) < 4.78 is 17.2. The van der Waals surface area contributed by atoms with Gasteiger partial charge < -0.3 is 24.0 Å². The van der Waals surface area contributed by atoms with Gasteiger partial charge in [-0.25, -0.2) is 0 Å². The van der Waals surface area contributed by atoms with Crippen LogP contribution >= 0.6 is 11.6 Å². The van der Waals surface area contributed by atoms with Crippen molar-refractivity contribution < 1.29 is 19.0 Å². The third-order valence-electron chi connectivity index (χ3n) is 5.81. The van der Waals surface area contributed by atoms with E-state index in [2.05, 4.69) is 11.0 Å². The Balaban J connectivity index is 1.44. The SMILES string of the molecule is CCOc1ccc(C(=O)N2CCN(c3ccccc3OC)CC2)cc1COc1ccc(Cl)cc1. The number of nitrogens with zero attached hydrogens (tertiary/aromatic N) is 2. The van der Waals surface area contributed by atoms with Crippen LogP contribution in [0.25, 0.3) is 0 Å². The fourth-order valence-corrected chi connectivity index (χ4v) is 4.16. The molecule has 1 saturated heterocycles. The van der Waals surface area contributed by atoms with E-state index in [0.29, 0.717) is 48.4 Å². The molecule has 0 aliphatic carbocycles. The van der Waals surface area contributed by atoms with E-state index >= 15 is 0 Å². The van der Waals surface area contributed by atoms with Gasteiger partial charge in [0.25, 0.3) is 5.91 Å². The lowest BCUT2D eigenvalue weighted by atomic mass is 10.1. The Morgan fingerprint density at radius 2 is 1.65 bits per heavy atom. The van der Waals surface area contributed by atoms with Gasteiger partial charge >= 0.3 is 0 Å². The van der Waals surface area contributed by atoms with E-state index in [1.165, 1.54) is 0 Å². The molecule has 0 radical (unpaired) electrons. The minimum absolute atomic E-state index is 0.00969. The molecule has 1 aliphatic rings. The summed E-state index contributed by atoms with van der Waals surface area (Å²) in [5, 5.41) is 0.653. The molecule has 0 N–H and O–H groups in total. The zero-order chi connectivity index (χ0) is 23.9. The molecule has 0 aromatic heterocycles. The second-order valence-corrected chi connectivity index (χ2v) is 8.39. The second kappa shape index (κ2) is 11.2. The van der Waals surface area contributed by atoms with E-state index in [4.69, 9.17) is 25.8 Å². The first-order valence-electron chi connectivity index (χ1n) is 11.4. The summed E-state index contributed by atoms with van der Waals surface area (Å²) in [7, 11) is 1.68. The Bertz CT molecular complexity index is 1110. The molecule has 0 saturated carbocycles. The largest absolute Gasteiger partial charge is 0.495 e. The van der Waals surface area contributed by atoms with E-state index in [9.17, 15) is 4.79 Å². The number of amides is 1. The summed E-state index contributed by atoms with van der Waals surface area (Å²) in [6, 6.07) is 20.7. The van der Waals surface area contributed by atoms with Gasteiger partial charge in [-0.3, -0.25) is 4.79 Å². The number of piperazine rings is 1. The molecule has 0 bridgehead atoms. The van der Waals surface area contributed by atoms with Crippen LogP contribution in [-0.2, 0) is 6.61 Å². The van der Waals surface area contributed by atoms with Crippen LogP contribution in [0.1, 0.15) is 22.8 Å². The van der Waals surface area contributed by atoms with Crippen molar-refractivity contribution in [1.82, 2.24) is 4.90 Å². The number of ether oxygens (including phenoxy) is 3. The molecular formula is C27H29ClN2O4. The quantitative estimate of drug-likeness (QED) is 0.438. The molecule has 3 aromatic rings. The van der Waals surface area contributed by atoms with Gasteiger partial charge in [0.05, 0.1) is 19.4 Å². The van der Waals surface area contributed by atoms with Crippen LogP contribution in [0.15, 0.2) is 66.7 Å². The second-order valence-electron chi connectivity index (χ2n) is 7.95. The van der Waals surface area contributed by atoms with Crippen LogP contribution in [0.4, 0.5) is 5.69 Å². The van der Waals surface area contributed by atoms with E-state index in [1.807, 2.05) is 60.4 Å². The molecule has 4 rings (SSSR count). The van der Waals surface area contributed by atoms with Gasteiger partial charge in [-0.1, -0.05) is 23.7 Å². The topological polar surface area (TPSA) is 51.2 Å². The minimum Gasteiger partial charge on any atom is -0.495 e. The summed E-state index contributed by atoms with van der Waals surface area (Å²) in [5.74, 6) is 2.28. The summed E-state index contributed by atoms with van der Waals surface area (Å²) >= 11 is 5.96. The van der Waals surface area contributed by atoms with Crippen LogP contribution in [-0.4, -0.2) is 50.7 Å². The van der Waals surface area contributed by atoms with Gasteiger partial charge in [0.1, 0.15) is 23.9 Å². The predicted octanol–water partition coefficient (Wildman–Crippen LogP) is 5.29. The minimum atomic E-state index is 0.00969. The van der Waals surface area contributed by atoms with Gasteiger partial charge in [0.2, 0.25) is 0 Å². The lowest BCUT2D eigenvalue weighted by Crippen LogP contribution is -2.48. The van der Waals surface area contributed by atoms with Gasteiger partial charge in [-0.05, 0) is 61.5 Å². The van der Waals surface area contributed by atoms with E-state index in [0.717, 1.165) is 30.1 Å². The Morgan fingerprint density at radius 1 is 0.912 bits per heavy atom. The predicted molar refractivity (Wildman–Crippen MR) is 135 cm³/mol. The number of hydrogen-bond donors (Lipinski definition) is 0. The molecule has 3 aromatic carbocycles. The van der Waals surface area contributed by atoms with Gasteiger partial charge in [-0.2, -0.15) is 0 Å². The zero-order valence-electron chi connectivity index (χ0n) is 19.5. The van der Waals surface area contributed by atoms with E-state index < -0.39 is 0 Å². The average molecular weight is 481 g/mol. The van der Waals surface area contributed by atoms with Crippen LogP contribution in [0.3, 0.4) is 0 Å². The highest BCUT2D eigenvalue weighted by Crippen LogP contribution is 2.29. The van der Waals surface area contributed by atoms with Gasteiger partial charge in [0, 0.05) is 42.3 Å². The number of rotatable bonds is 8. The third kappa shape index (κ3) is 5.57. The highest BCUT2D eigenvalue weighted by molar-refractivity contribution is 6.30. The number of benzene rings is 3. The van der Waals surface area contributed by atoms with Crippen molar-refractivity contribution in [1.29, 1.82) is 0 Å². The van der Waals surface area contributed by atoms with Gasteiger partial charge in [-0.15, -0.1) is 0 Å². The molecule has 178 valence electrons. The van der Waals surface area contributed by atoms with Crippen LogP contribution in [0.5, 0.6) is 17.2 Å². The number of para-hydroxylation sites is 2. The first-order chi connectivity index (χ1) is 16.6. The summed E-state index contributed by atoms with van der Waals surface area (Å²) in [6.07, 6.45) is 0. The number of halogens is 1. The first kappa shape index (κ1) is 23.8. The van der Waals surface area contributed by atoms with Crippen molar-refractivity contribution in [3.63, 3.8) is 0 Å². The number of carbonyl (C=O) groups excluding carboxylic acids is 1. The monoisotopic (exact) mass is 480 g/mol. The molecule has 6 nitrogen and oxygen atoms in total. The first-order valence-corrected chi connectivity index (χ1v) is 11.8. The lowest BCUT2D eigenvalue weighted by molar-refractivity contribution is 0.0746. The number of hydrogen-bond acceptors (Lipinski definition) is 5. The molecule has 34 heavy (non-hydrogen) atoms. The highest BCUT2D eigenvalue weighted by Gasteiger charge is 2.24. The van der Waals surface area contributed by atoms with Crippen molar-refractivity contribution in [2.75, 3.05) is 44.8 Å². The molecule has 1 fully saturated rings. The Labute approximate surface area is 205 Å². The fourth-order valence-electron chi connectivity index (χ4n) is 4.04. The highest BCUT2D eigenvalue weighted by atomic mass is 35.5. The van der Waals surface area contributed by atoms with Gasteiger partial charge in [0.15, 0.2) is 0 Å². The maximum absolute atomic E-state index is 13.3. The standard InChI is InChI=1S/C27H29ClN2O4/c1-3-33-25-13-8-20(18-21(25)19-34-23-11-9-22(28)10-12-23)27(31)30-16-14-29(15-17-30)24-6-4-5-7-26(24)32-2/h4-13,18H,3,14-17,19H2,1-2H3. The van der Waals surface area contributed by atoms with Crippen LogP contribution in [0, 0.1) is 0 Å². The van der Waals surface area contributed by atoms with Crippen LogP contribution in [0.2, 0.25) is 5.02 Å². The number of anilines is 1. The molecule has 0 atom stereocenters. The maximum atomic E-state index is 13.3. The Hall–Kier alpha value is -3.38. The Morgan fingerprint density at radius 3 is 2.35 bits per heavy atom. The summed E-state index contributed by atoms with van der Waals surface area (Å²) in [6.45, 7) is 5.53. The van der Waals surface area contributed by atoms with E-state index in [-0.39, 0.29) is 5.91 Å². The van der Waals surface area contributed by atoms with Crippen molar-refractivity contribution in [3.05, 3.63) is 82.9 Å². The van der Waals surface area contributed by atoms with Crippen molar-refractivity contribution in [2.24, 2.45) is 0 Å². The average Bonchev–Trinajstić information content (AvgIpc) is 2.89. The molecule has 1 amide bonds. The lowest BCUT2D eigenvalue weighted by Gasteiger charge is -2.36. The number of carbonyl (C=O) groups is 1. The summed E-state index contributed by atoms with van der Waals surface area (Å²) in [4.78, 5) is 17.4. The zero-order valence-corrected chi connectivity index (χ0v) is 20.3. The van der Waals surface area contributed by atoms with Crippen molar-refractivity contribution >= 4 is 23.2 Å². The maximum Gasteiger partial charge on any atom is 0.253 e. The Kier molecular flexibility index (Phi) is 7.80. The molecule has 1 aliphatic heterocycles.